The predicted molar refractivity (Wildman–Crippen MR) is 70.2 cm³/mol. The Kier molecular flexibility index (Phi) is 3.57. The van der Waals surface area contributed by atoms with Crippen LogP contribution in [0.3, 0.4) is 0 Å². The van der Waals surface area contributed by atoms with Crippen LogP contribution < -0.4 is 5.73 Å². The third kappa shape index (κ3) is 2.39. The van der Waals surface area contributed by atoms with Crippen molar-refractivity contribution in [1.29, 1.82) is 0 Å². The molecule has 2 rings (SSSR count). The fourth-order valence-electron chi connectivity index (χ4n) is 2.39. The van der Waals surface area contributed by atoms with E-state index in [1.54, 1.807) is 18.2 Å². The smallest absolute Gasteiger partial charge is 0.255 e. The van der Waals surface area contributed by atoms with Gasteiger partial charge in [0.05, 0.1) is 10.6 Å². The Balaban J connectivity index is 2.24. The minimum absolute atomic E-state index is 0.0272. The van der Waals surface area contributed by atoms with E-state index in [0.29, 0.717) is 22.3 Å². The van der Waals surface area contributed by atoms with Crippen molar-refractivity contribution in [3.05, 3.63) is 28.8 Å². The third-order valence-corrected chi connectivity index (χ3v) is 3.65. The number of carbonyl (C=O) groups is 1. The maximum absolute atomic E-state index is 12.3. The quantitative estimate of drug-likeness (QED) is 0.823. The number of hydrogen-bond acceptors (Lipinski definition) is 2. The van der Waals surface area contributed by atoms with E-state index < -0.39 is 0 Å². The average molecular weight is 253 g/mol. The van der Waals surface area contributed by atoms with E-state index in [9.17, 15) is 4.79 Å². The number of likely N-dealkylation sites (tertiary alicyclic amines) is 1. The first-order valence-corrected chi connectivity index (χ1v) is 6.37. The van der Waals surface area contributed by atoms with Gasteiger partial charge in [-0.1, -0.05) is 18.5 Å². The molecular formula is C13H17ClN2O. The first-order valence-electron chi connectivity index (χ1n) is 5.99. The summed E-state index contributed by atoms with van der Waals surface area (Å²) in [5.41, 5.74) is 6.77. The summed E-state index contributed by atoms with van der Waals surface area (Å²) >= 11 is 6.07. The Labute approximate surface area is 107 Å². The standard InChI is InChI=1S/C13H17ClN2O/c1-2-10-4-3-7-16(10)13(17)11-6-5-9(15)8-12(11)14/h5-6,8,10H,2-4,7,15H2,1H3. The molecule has 1 amide bonds. The highest BCUT2D eigenvalue weighted by atomic mass is 35.5. The zero-order valence-electron chi connectivity index (χ0n) is 9.95. The summed E-state index contributed by atoms with van der Waals surface area (Å²) < 4.78 is 0. The summed E-state index contributed by atoms with van der Waals surface area (Å²) in [5.74, 6) is 0.0272. The van der Waals surface area contributed by atoms with Crippen molar-refractivity contribution in [2.45, 2.75) is 32.2 Å². The molecule has 92 valence electrons. The van der Waals surface area contributed by atoms with E-state index in [1.165, 1.54) is 0 Å². The molecule has 1 aliphatic rings. The fourth-order valence-corrected chi connectivity index (χ4v) is 2.66. The Morgan fingerprint density at radius 3 is 3.00 bits per heavy atom. The van der Waals surface area contributed by atoms with E-state index in [4.69, 9.17) is 17.3 Å². The molecule has 1 heterocycles. The number of hydrogen-bond donors (Lipinski definition) is 1. The molecule has 1 unspecified atom stereocenters. The van der Waals surface area contributed by atoms with Crippen LogP contribution >= 0.6 is 11.6 Å². The molecule has 0 bridgehead atoms. The van der Waals surface area contributed by atoms with Crippen molar-refractivity contribution in [2.24, 2.45) is 0 Å². The average Bonchev–Trinajstić information content (AvgIpc) is 2.76. The van der Waals surface area contributed by atoms with E-state index in [-0.39, 0.29) is 5.91 Å². The van der Waals surface area contributed by atoms with Gasteiger partial charge in [-0.3, -0.25) is 4.79 Å². The molecule has 1 aliphatic heterocycles. The second kappa shape index (κ2) is 4.96. The lowest BCUT2D eigenvalue weighted by molar-refractivity contribution is 0.0734. The largest absolute Gasteiger partial charge is 0.399 e. The molecule has 3 nitrogen and oxygen atoms in total. The van der Waals surface area contributed by atoms with Crippen LogP contribution in [0.1, 0.15) is 36.5 Å². The molecule has 0 radical (unpaired) electrons. The normalized spacial score (nSPS) is 19.6. The Hall–Kier alpha value is -1.22. The summed E-state index contributed by atoms with van der Waals surface area (Å²) in [7, 11) is 0. The van der Waals surface area contributed by atoms with Crippen LogP contribution in [0.5, 0.6) is 0 Å². The number of nitrogens with two attached hydrogens (primary N) is 1. The molecule has 0 saturated carbocycles. The summed E-state index contributed by atoms with van der Waals surface area (Å²) in [4.78, 5) is 14.3. The molecule has 4 heteroatoms. The van der Waals surface area contributed by atoms with Gasteiger partial charge in [0.2, 0.25) is 0 Å². The first-order chi connectivity index (χ1) is 8.13. The van der Waals surface area contributed by atoms with Gasteiger partial charge < -0.3 is 10.6 Å². The van der Waals surface area contributed by atoms with E-state index in [1.807, 2.05) is 4.90 Å². The van der Waals surface area contributed by atoms with Crippen molar-refractivity contribution >= 4 is 23.2 Å². The summed E-state index contributed by atoms with van der Waals surface area (Å²) in [5, 5.41) is 0.441. The minimum Gasteiger partial charge on any atom is -0.399 e. The number of anilines is 1. The van der Waals surface area contributed by atoms with Crippen LogP contribution in [-0.4, -0.2) is 23.4 Å². The van der Waals surface area contributed by atoms with Crippen LogP contribution in [0.15, 0.2) is 18.2 Å². The molecule has 0 aromatic heterocycles. The number of nitrogen functional groups attached to an aromatic ring is 1. The lowest BCUT2D eigenvalue weighted by Gasteiger charge is -2.24. The number of carbonyl (C=O) groups excluding carboxylic acids is 1. The number of amides is 1. The summed E-state index contributed by atoms with van der Waals surface area (Å²) in [6.45, 7) is 2.94. The zero-order valence-corrected chi connectivity index (χ0v) is 10.7. The van der Waals surface area contributed by atoms with E-state index in [2.05, 4.69) is 6.92 Å². The molecule has 1 fully saturated rings. The van der Waals surface area contributed by atoms with Crippen molar-refractivity contribution in [3.63, 3.8) is 0 Å². The monoisotopic (exact) mass is 252 g/mol. The highest BCUT2D eigenvalue weighted by Gasteiger charge is 2.28. The molecule has 17 heavy (non-hydrogen) atoms. The molecule has 1 saturated heterocycles. The van der Waals surface area contributed by atoms with Crippen LogP contribution in [0.25, 0.3) is 0 Å². The topological polar surface area (TPSA) is 46.3 Å². The third-order valence-electron chi connectivity index (χ3n) is 3.33. The predicted octanol–water partition coefficient (Wildman–Crippen LogP) is 2.94. The molecular weight excluding hydrogens is 236 g/mol. The fraction of sp³-hybridized carbons (Fsp3) is 0.462. The van der Waals surface area contributed by atoms with E-state index in [0.717, 1.165) is 25.8 Å². The molecule has 2 N–H and O–H groups in total. The lowest BCUT2D eigenvalue weighted by atomic mass is 10.1. The van der Waals surface area contributed by atoms with Gasteiger partial charge >= 0.3 is 0 Å². The zero-order chi connectivity index (χ0) is 12.4. The molecule has 1 atom stereocenters. The van der Waals surface area contributed by atoms with Crippen LogP contribution in [0.2, 0.25) is 5.02 Å². The van der Waals surface area contributed by atoms with Crippen molar-refractivity contribution < 1.29 is 4.79 Å². The lowest BCUT2D eigenvalue weighted by Crippen LogP contribution is -2.35. The van der Waals surface area contributed by atoms with Gasteiger partial charge in [0.1, 0.15) is 0 Å². The molecule has 1 aromatic carbocycles. The van der Waals surface area contributed by atoms with Gasteiger partial charge in [-0.25, -0.2) is 0 Å². The Morgan fingerprint density at radius 1 is 1.59 bits per heavy atom. The van der Waals surface area contributed by atoms with Crippen LogP contribution in [0, 0.1) is 0 Å². The SMILES string of the molecule is CCC1CCCN1C(=O)c1ccc(N)cc1Cl. The summed E-state index contributed by atoms with van der Waals surface area (Å²) in [6, 6.07) is 5.42. The second-order valence-corrected chi connectivity index (χ2v) is 4.85. The maximum atomic E-state index is 12.3. The molecule has 1 aromatic rings. The highest BCUT2D eigenvalue weighted by Crippen LogP contribution is 2.26. The number of halogens is 1. The van der Waals surface area contributed by atoms with Crippen molar-refractivity contribution in [1.82, 2.24) is 4.90 Å². The molecule has 0 spiro atoms. The number of benzene rings is 1. The van der Waals surface area contributed by atoms with Gasteiger partial charge in [0.15, 0.2) is 0 Å². The first kappa shape index (κ1) is 12.2. The highest BCUT2D eigenvalue weighted by molar-refractivity contribution is 6.34. The Bertz CT molecular complexity index is 433. The van der Waals surface area contributed by atoms with Crippen molar-refractivity contribution in [2.75, 3.05) is 12.3 Å². The van der Waals surface area contributed by atoms with Gasteiger partial charge in [0.25, 0.3) is 5.91 Å². The van der Waals surface area contributed by atoms with Crippen LogP contribution in [-0.2, 0) is 0 Å². The maximum Gasteiger partial charge on any atom is 0.255 e. The van der Waals surface area contributed by atoms with Gasteiger partial charge in [-0.15, -0.1) is 0 Å². The van der Waals surface area contributed by atoms with Gasteiger partial charge in [0, 0.05) is 18.3 Å². The van der Waals surface area contributed by atoms with Crippen molar-refractivity contribution in [3.8, 4) is 0 Å². The summed E-state index contributed by atoms with van der Waals surface area (Å²) in [6.07, 6.45) is 3.17. The van der Waals surface area contributed by atoms with Gasteiger partial charge in [-0.2, -0.15) is 0 Å². The second-order valence-electron chi connectivity index (χ2n) is 4.44. The van der Waals surface area contributed by atoms with Gasteiger partial charge in [-0.05, 0) is 37.5 Å². The minimum atomic E-state index is 0.0272. The number of rotatable bonds is 2. The van der Waals surface area contributed by atoms with E-state index >= 15 is 0 Å². The van der Waals surface area contributed by atoms with Crippen LogP contribution in [0.4, 0.5) is 5.69 Å². The Morgan fingerprint density at radius 2 is 2.35 bits per heavy atom. The number of nitrogens with zero attached hydrogens (tertiary/aromatic N) is 1. The molecule has 0 aliphatic carbocycles.